The van der Waals surface area contributed by atoms with Gasteiger partial charge < -0.3 is 10.2 Å². The molecule has 4 aromatic rings. The Morgan fingerprint density at radius 3 is 2.29 bits per heavy atom. The summed E-state index contributed by atoms with van der Waals surface area (Å²) < 4.78 is 43.3. The molecule has 35 heavy (non-hydrogen) atoms. The van der Waals surface area contributed by atoms with Crippen LogP contribution in [-0.2, 0) is 0 Å². The predicted molar refractivity (Wildman–Crippen MR) is 130 cm³/mol. The van der Waals surface area contributed by atoms with E-state index < -0.39 is 17.8 Å². The standard InChI is InChI=1S/C26H24F3N5O/c27-26(28,29)23(18-7-3-1-4-8-18)34-22(35)14-9-19-17-30-25(32-24(19)34)31-20-10-12-21(13-11-20)33-15-5-2-6-16-33/h1,3-4,7-14,17,23H,2,5-6,15-16H2,(H,30,31,32). The lowest BCUT2D eigenvalue weighted by atomic mass is 10.1. The average Bonchev–Trinajstić information content (AvgIpc) is 2.86. The summed E-state index contributed by atoms with van der Waals surface area (Å²) >= 11 is 0. The number of rotatable bonds is 5. The van der Waals surface area contributed by atoms with Crippen molar-refractivity contribution >= 4 is 28.4 Å². The van der Waals surface area contributed by atoms with E-state index in [0.717, 1.165) is 24.8 Å². The molecule has 0 aliphatic carbocycles. The quantitative estimate of drug-likeness (QED) is 0.399. The lowest BCUT2D eigenvalue weighted by Crippen LogP contribution is -2.35. The van der Waals surface area contributed by atoms with E-state index in [9.17, 15) is 18.0 Å². The number of nitrogens with one attached hydrogen (secondary N) is 1. The Labute approximate surface area is 200 Å². The number of alkyl halides is 3. The van der Waals surface area contributed by atoms with E-state index in [-0.39, 0.29) is 17.2 Å². The van der Waals surface area contributed by atoms with Gasteiger partial charge in [-0.25, -0.2) is 4.98 Å². The third-order valence-electron chi connectivity index (χ3n) is 6.20. The largest absolute Gasteiger partial charge is 0.413 e. The first-order valence-electron chi connectivity index (χ1n) is 11.5. The normalized spacial score (nSPS) is 15.2. The van der Waals surface area contributed by atoms with E-state index in [1.165, 1.54) is 55.8 Å². The van der Waals surface area contributed by atoms with Crippen molar-refractivity contribution in [3.8, 4) is 0 Å². The van der Waals surface area contributed by atoms with Crippen LogP contribution in [0, 0.1) is 0 Å². The van der Waals surface area contributed by atoms with E-state index in [4.69, 9.17) is 0 Å². The van der Waals surface area contributed by atoms with E-state index in [1.807, 2.05) is 24.3 Å². The second-order valence-corrected chi connectivity index (χ2v) is 8.59. The Morgan fingerprint density at radius 2 is 1.60 bits per heavy atom. The number of fused-ring (bicyclic) bond motifs is 1. The molecule has 0 bridgehead atoms. The van der Waals surface area contributed by atoms with Gasteiger partial charge in [-0.05, 0) is 55.2 Å². The van der Waals surface area contributed by atoms with Crippen molar-refractivity contribution in [3.05, 3.63) is 88.8 Å². The number of aromatic nitrogens is 3. The predicted octanol–water partition coefficient (Wildman–Crippen LogP) is 5.68. The van der Waals surface area contributed by atoms with E-state index in [1.54, 1.807) is 6.07 Å². The van der Waals surface area contributed by atoms with Crippen molar-refractivity contribution in [1.29, 1.82) is 0 Å². The Kier molecular flexibility index (Phi) is 6.15. The van der Waals surface area contributed by atoms with Gasteiger partial charge in [-0.1, -0.05) is 30.3 Å². The summed E-state index contributed by atoms with van der Waals surface area (Å²) in [6.07, 6.45) is 0.312. The molecule has 2 aromatic carbocycles. The van der Waals surface area contributed by atoms with Crippen LogP contribution in [0.25, 0.3) is 11.0 Å². The molecule has 0 radical (unpaired) electrons. The monoisotopic (exact) mass is 479 g/mol. The van der Waals surface area contributed by atoms with Crippen molar-refractivity contribution < 1.29 is 13.2 Å². The maximum absolute atomic E-state index is 14.2. The SMILES string of the molecule is O=c1ccc2cnc(Nc3ccc(N4CCCCC4)cc3)nc2n1C(c1ccccc1)C(F)(F)F. The molecule has 1 atom stereocenters. The molecular weight excluding hydrogens is 455 g/mol. The number of nitrogens with zero attached hydrogens (tertiary/aromatic N) is 4. The Balaban J connectivity index is 1.51. The third-order valence-corrected chi connectivity index (χ3v) is 6.20. The average molecular weight is 480 g/mol. The van der Waals surface area contributed by atoms with Crippen LogP contribution in [0.15, 0.2) is 77.7 Å². The minimum absolute atomic E-state index is 0.0453. The second kappa shape index (κ2) is 9.40. The van der Waals surface area contributed by atoms with Gasteiger partial charge in [0.25, 0.3) is 5.56 Å². The van der Waals surface area contributed by atoms with Crippen LogP contribution >= 0.6 is 0 Å². The highest BCUT2D eigenvalue weighted by molar-refractivity contribution is 5.76. The highest BCUT2D eigenvalue weighted by atomic mass is 19.4. The van der Waals surface area contributed by atoms with Gasteiger partial charge in [0.2, 0.25) is 5.95 Å². The molecule has 0 amide bonds. The third kappa shape index (κ3) is 4.84. The van der Waals surface area contributed by atoms with Gasteiger partial charge in [0, 0.05) is 42.1 Å². The molecule has 9 heteroatoms. The molecule has 3 heterocycles. The zero-order valence-electron chi connectivity index (χ0n) is 18.9. The maximum atomic E-state index is 14.2. The molecule has 1 N–H and O–H groups in total. The number of benzene rings is 2. The van der Waals surface area contributed by atoms with Gasteiger partial charge in [0.1, 0.15) is 5.65 Å². The number of anilines is 3. The Hall–Kier alpha value is -3.88. The van der Waals surface area contributed by atoms with Crippen molar-refractivity contribution in [2.45, 2.75) is 31.5 Å². The molecule has 1 unspecified atom stereocenters. The second-order valence-electron chi connectivity index (χ2n) is 8.59. The number of pyridine rings is 1. The summed E-state index contributed by atoms with van der Waals surface area (Å²) in [5.41, 5.74) is 0.895. The molecule has 1 aliphatic heterocycles. The lowest BCUT2D eigenvalue weighted by molar-refractivity contribution is -0.156. The highest BCUT2D eigenvalue weighted by Crippen LogP contribution is 2.36. The summed E-state index contributed by atoms with van der Waals surface area (Å²) in [6, 6.07) is 15.5. The fraction of sp³-hybridized carbons (Fsp3) is 0.269. The first-order chi connectivity index (χ1) is 16.9. The molecule has 2 aromatic heterocycles. The Morgan fingerprint density at radius 1 is 0.886 bits per heavy atom. The number of hydrogen-bond donors (Lipinski definition) is 1. The van der Waals surface area contributed by atoms with Crippen LogP contribution in [0.1, 0.15) is 30.9 Å². The van der Waals surface area contributed by atoms with Crippen LogP contribution in [-0.4, -0.2) is 33.8 Å². The van der Waals surface area contributed by atoms with Gasteiger partial charge in [0.15, 0.2) is 6.04 Å². The minimum atomic E-state index is -4.71. The summed E-state index contributed by atoms with van der Waals surface area (Å²) in [5.74, 6) is 0.108. The molecule has 1 aliphatic rings. The summed E-state index contributed by atoms with van der Waals surface area (Å²) in [6.45, 7) is 2.06. The zero-order chi connectivity index (χ0) is 24.4. The van der Waals surface area contributed by atoms with Crippen LogP contribution in [0.5, 0.6) is 0 Å². The number of hydrogen-bond acceptors (Lipinski definition) is 5. The molecule has 6 nitrogen and oxygen atoms in total. The smallest absolute Gasteiger partial charge is 0.372 e. The molecular formula is C26H24F3N5O. The molecule has 1 fully saturated rings. The van der Waals surface area contributed by atoms with Crippen LogP contribution < -0.4 is 15.8 Å². The number of halogens is 3. The fourth-order valence-electron chi connectivity index (χ4n) is 4.50. The molecule has 0 spiro atoms. The summed E-state index contributed by atoms with van der Waals surface area (Å²) in [4.78, 5) is 23.6. The first-order valence-corrected chi connectivity index (χ1v) is 11.5. The molecule has 180 valence electrons. The topological polar surface area (TPSA) is 63.1 Å². The molecule has 0 saturated carbocycles. The summed E-state index contributed by atoms with van der Waals surface area (Å²) in [7, 11) is 0. The lowest BCUT2D eigenvalue weighted by Gasteiger charge is -2.28. The van der Waals surface area contributed by atoms with Crippen molar-refractivity contribution in [2.24, 2.45) is 0 Å². The van der Waals surface area contributed by atoms with Gasteiger partial charge in [0.05, 0.1) is 0 Å². The van der Waals surface area contributed by atoms with Gasteiger partial charge in [-0.15, -0.1) is 0 Å². The fourth-order valence-corrected chi connectivity index (χ4v) is 4.50. The van der Waals surface area contributed by atoms with Crippen molar-refractivity contribution in [1.82, 2.24) is 14.5 Å². The van der Waals surface area contributed by atoms with Gasteiger partial charge >= 0.3 is 6.18 Å². The summed E-state index contributed by atoms with van der Waals surface area (Å²) in [5, 5.41) is 3.39. The van der Waals surface area contributed by atoms with Crippen LogP contribution in [0.2, 0.25) is 0 Å². The van der Waals surface area contributed by atoms with E-state index in [2.05, 4.69) is 20.2 Å². The zero-order valence-corrected chi connectivity index (χ0v) is 18.9. The number of piperidine rings is 1. The van der Waals surface area contributed by atoms with Crippen molar-refractivity contribution in [3.63, 3.8) is 0 Å². The maximum Gasteiger partial charge on any atom is 0.413 e. The van der Waals surface area contributed by atoms with Crippen LogP contribution in [0.3, 0.4) is 0 Å². The molecule has 5 rings (SSSR count). The first kappa shape index (κ1) is 22.9. The molecule has 1 saturated heterocycles. The van der Waals surface area contributed by atoms with Gasteiger partial charge in [-0.3, -0.25) is 9.36 Å². The van der Waals surface area contributed by atoms with E-state index in [0.29, 0.717) is 15.6 Å². The van der Waals surface area contributed by atoms with Crippen molar-refractivity contribution in [2.75, 3.05) is 23.3 Å². The minimum Gasteiger partial charge on any atom is -0.372 e. The van der Waals surface area contributed by atoms with Gasteiger partial charge in [-0.2, -0.15) is 18.2 Å². The van der Waals surface area contributed by atoms with E-state index >= 15 is 0 Å². The Bertz CT molecular complexity index is 1360. The highest BCUT2D eigenvalue weighted by Gasteiger charge is 2.43. The van der Waals surface area contributed by atoms with Crippen LogP contribution in [0.4, 0.5) is 30.5 Å².